The second-order valence-corrected chi connectivity index (χ2v) is 13.3. The number of rotatable bonds is 7. The van der Waals surface area contributed by atoms with Crippen LogP contribution in [0.1, 0.15) is 24.1 Å². The monoisotopic (exact) mass is 582 g/mol. The number of sulfone groups is 1. The fourth-order valence-corrected chi connectivity index (χ4v) is 7.55. The standard InChI is InChI=1S/C31H26N4O4S2/c1-21-17-19-25(20-18-21)41(38,39)34-31-29(40(36,37)24-13-7-4-8-14-24)28-30(33-27-16-10-9-15-26(27)32-28)35(31)22(2)23-11-5-3-6-12-23/h3-20,22,34H,1-2H3/t22-/m1/s1. The molecule has 0 aliphatic rings. The fraction of sp³-hybridized carbons (Fsp3) is 0.0968. The van der Waals surface area contributed by atoms with Crippen LogP contribution in [0.4, 0.5) is 5.82 Å². The van der Waals surface area contributed by atoms with Gasteiger partial charge in [0.1, 0.15) is 16.2 Å². The fourth-order valence-electron chi connectivity index (χ4n) is 4.87. The van der Waals surface area contributed by atoms with Gasteiger partial charge in [0.05, 0.1) is 26.9 Å². The Kier molecular flexibility index (Phi) is 6.59. The molecule has 0 radical (unpaired) electrons. The molecule has 0 saturated carbocycles. The molecule has 41 heavy (non-hydrogen) atoms. The zero-order valence-corrected chi connectivity index (χ0v) is 23.9. The summed E-state index contributed by atoms with van der Waals surface area (Å²) in [6, 6.07) is 30.3. The predicted molar refractivity (Wildman–Crippen MR) is 159 cm³/mol. The third-order valence-corrected chi connectivity index (χ3v) is 10.2. The van der Waals surface area contributed by atoms with Gasteiger partial charge in [0.15, 0.2) is 5.65 Å². The maximum absolute atomic E-state index is 14.3. The highest BCUT2D eigenvalue weighted by molar-refractivity contribution is 7.93. The van der Waals surface area contributed by atoms with Gasteiger partial charge in [-0.25, -0.2) is 26.8 Å². The number of aromatic nitrogens is 3. The topological polar surface area (TPSA) is 111 Å². The molecule has 0 aliphatic carbocycles. The molecule has 0 fully saturated rings. The zero-order valence-electron chi connectivity index (χ0n) is 22.3. The highest BCUT2D eigenvalue weighted by Crippen LogP contribution is 2.41. The average Bonchev–Trinajstić information content (AvgIpc) is 3.29. The van der Waals surface area contributed by atoms with Gasteiger partial charge >= 0.3 is 0 Å². The van der Waals surface area contributed by atoms with Gasteiger partial charge in [0.25, 0.3) is 10.0 Å². The smallest absolute Gasteiger partial charge is 0.263 e. The quantitative estimate of drug-likeness (QED) is 0.242. The van der Waals surface area contributed by atoms with Crippen LogP contribution in [0, 0.1) is 6.92 Å². The average molecular weight is 583 g/mol. The Morgan fingerprint density at radius 3 is 1.88 bits per heavy atom. The first-order valence-electron chi connectivity index (χ1n) is 12.9. The molecule has 6 rings (SSSR count). The van der Waals surface area contributed by atoms with Crippen LogP contribution in [0.15, 0.2) is 124 Å². The van der Waals surface area contributed by atoms with E-state index in [4.69, 9.17) is 9.97 Å². The van der Waals surface area contributed by atoms with E-state index >= 15 is 0 Å². The number of benzene rings is 4. The molecule has 6 aromatic rings. The summed E-state index contributed by atoms with van der Waals surface area (Å²) in [4.78, 5) is 9.33. The Morgan fingerprint density at radius 2 is 1.24 bits per heavy atom. The molecule has 10 heteroatoms. The molecule has 8 nitrogen and oxygen atoms in total. The van der Waals surface area contributed by atoms with Crippen molar-refractivity contribution in [2.24, 2.45) is 0 Å². The Balaban J connectivity index is 1.73. The van der Waals surface area contributed by atoms with E-state index in [2.05, 4.69) is 4.72 Å². The minimum absolute atomic E-state index is 0.00130. The molecular formula is C31H26N4O4S2. The summed E-state index contributed by atoms with van der Waals surface area (Å²) >= 11 is 0. The van der Waals surface area contributed by atoms with Gasteiger partial charge < -0.3 is 4.57 Å². The molecule has 2 heterocycles. The Bertz CT molecular complexity index is 2110. The third-order valence-electron chi connectivity index (χ3n) is 7.01. The normalized spacial score (nSPS) is 12.9. The van der Waals surface area contributed by atoms with Gasteiger partial charge in [-0.1, -0.05) is 78.4 Å². The van der Waals surface area contributed by atoms with Crippen LogP contribution in [0.3, 0.4) is 0 Å². The number of nitrogens with zero attached hydrogens (tertiary/aromatic N) is 3. The van der Waals surface area contributed by atoms with E-state index in [1.54, 1.807) is 53.1 Å². The number of anilines is 1. The number of para-hydroxylation sites is 2. The van der Waals surface area contributed by atoms with Crippen molar-refractivity contribution in [3.8, 4) is 0 Å². The van der Waals surface area contributed by atoms with Crippen molar-refractivity contribution in [3.63, 3.8) is 0 Å². The molecule has 0 bridgehead atoms. The first kappa shape index (κ1) is 26.7. The van der Waals surface area contributed by atoms with Gasteiger partial charge in [0.2, 0.25) is 9.84 Å². The molecule has 1 N–H and O–H groups in total. The van der Waals surface area contributed by atoms with E-state index in [9.17, 15) is 16.8 Å². The molecule has 0 amide bonds. The predicted octanol–water partition coefficient (Wildman–Crippen LogP) is 6.14. The maximum atomic E-state index is 14.3. The lowest BCUT2D eigenvalue weighted by molar-refractivity contribution is 0.595. The van der Waals surface area contributed by atoms with E-state index in [1.807, 2.05) is 50.2 Å². The molecule has 0 unspecified atom stereocenters. The summed E-state index contributed by atoms with van der Waals surface area (Å²) in [5.74, 6) is -0.129. The number of hydrogen-bond donors (Lipinski definition) is 1. The molecular weight excluding hydrogens is 556 g/mol. The number of hydrogen-bond acceptors (Lipinski definition) is 6. The van der Waals surface area contributed by atoms with Gasteiger partial charge in [-0.2, -0.15) is 0 Å². The first-order chi connectivity index (χ1) is 19.7. The minimum atomic E-state index is -4.27. The van der Waals surface area contributed by atoms with Crippen molar-refractivity contribution in [1.82, 2.24) is 14.5 Å². The van der Waals surface area contributed by atoms with Crippen LogP contribution < -0.4 is 4.72 Å². The Hall–Kier alpha value is -4.54. The van der Waals surface area contributed by atoms with E-state index < -0.39 is 25.9 Å². The minimum Gasteiger partial charge on any atom is -0.302 e. The highest BCUT2D eigenvalue weighted by Gasteiger charge is 2.35. The molecule has 1 atom stereocenters. The lowest BCUT2D eigenvalue weighted by Gasteiger charge is -2.20. The van der Waals surface area contributed by atoms with E-state index in [0.29, 0.717) is 11.0 Å². The number of aryl methyl sites for hydroxylation is 1. The summed E-state index contributed by atoms with van der Waals surface area (Å²) in [5, 5.41) is 0. The summed E-state index contributed by atoms with van der Waals surface area (Å²) in [6.07, 6.45) is 0. The van der Waals surface area contributed by atoms with Crippen molar-refractivity contribution in [2.45, 2.75) is 34.6 Å². The first-order valence-corrected chi connectivity index (χ1v) is 15.9. The van der Waals surface area contributed by atoms with Gasteiger partial charge in [-0.05, 0) is 55.8 Å². The lowest BCUT2D eigenvalue weighted by Crippen LogP contribution is -2.20. The second kappa shape index (κ2) is 10.1. The molecule has 2 aromatic heterocycles. The number of sulfonamides is 1. The summed E-state index contributed by atoms with van der Waals surface area (Å²) in [6.45, 7) is 3.73. The summed E-state index contributed by atoms with van der Waals surface area (Å²) in [7, 11) is -8.49. The molecule has 0 aliphatic heterocycles. The third kappa shape index (κ3) is 4.75. The van der Waals surface area contributed by atoms with Crippen LogP contribution in [0.5, 0.6) is 0 Å². The van der Waals surface area contributed by atoms with Crippen LogP contribution in [-0.4, -0.2) is 31.4 Å². The molecule has 0 spiro atoms. The SMILES string of the molecule is Cc1ccc(S(=O)(=O)Nc2c(S(=O)(=O)c3ccccc3)c3nc4ccccc4nc3n2[C@H](C)c2ccccc2)cc1. The van der Waals surface area contributed by atoms with Crippen molar-refractivity contribution >= 4 is 47.9 Å². The maximum Gasteiger partial charge on any atom is 0.263 e. The van der Waals surface area contributed by atoms with Crippen molar-refractivity contribution < 1.29 is 16.8 Å². The molecule has 4 aromatic carbocycles. The van der Waals surface area contributed by atoms with Crippen molar-refractivity contribution in [3.05, 3.63) is 120 Å². The number of nitrogens with one attached hydrogen (secondary N) is 1. The van der Waals surface area contributed by atoms with Crippen LogP contribution in [-0.2, 0) is 19.9 Å². The van der Waals surface area contributed by atoms with Gasteiger partial charge in [-0.15, -0.1) is 0 Å². The van der Waals surface area contributed by atoms with Crippen molar-refractivity contribution in [2.75, 3.05) is 4.72 Å². The number of fused-ring (bicyclic) bond motifs is 2. The summed E-state index contributed by atoms with van der Waals surface area (Å²) < 4.78 is 60.5. The Labute approximate surface area is 238 Å². The zero-order chi connectivity index (χ0) is 28.8. The van der Waals surface area contributed by atoms with Gasteiger partial charge in [0, 0.05) is 0 Å². The van der Waals surface area contributed by atoms with E-state index in [1.165, 1.54) is 24.3 Å². The Morgan fingerprint density at radius 1 is 0.683 bits per heavy atom. The molecule has 0 saturated heterocycles. The van der Waals surface area contributed by atoms with Crippen molar-refractivity contribution in [1.29, 1.82) is 0 Å². The van der Waals surface area contributed by atoms with Crippen LogP contribution >= 0.6 is 0 Å². The van der Waals surface area contributed by atoms with Crippen LogP contribution in [0.2, 0.25) is 0 Å². The second-order valence-electron chi connectivity index (χ2n) is 9.75. The molecule has 206 valence electrons. The summed E-state index contributed by atoms with van der Waals surface area (Å²) in [5.41, 5.74) is 3.09. The van der Waals surface area contributed by atoms with Crippen LogP contribution in [0.25, 0.3) is 22.2 Å². The highest BCUT2D eigenvalue weighted by atomic mass is 32.2. The van der Waals surface area contributed by atoms with E-state index in [0.717, 1.165) is 11.1 Å². The lowest BCUT2D eigenvalue weighted by atomic mass is 10.1. The van der Waals surface area contributed by atoms with E-state index in [-0.39, 0.29) is 31.7 Å². The largest absolute Gasteiger partial charge is 0.302 e. The van der Waals surface area contributed by atoms with Gasteiger partial charge in [-0.3, -0.25) is 4.72 Å².